The SMILES string of the molecule is O=C(Cc1cccc(Cl)c1Cl)CC1CSCCN1. The standard InChI is InChI=1S/C13H15Cl2NOS/c14-12-3-1-2-9(13(12)15)6-11(17)7-10-8-18-5-4-16-10/h1-3,10,16H,4-8H2. The molecule has 0 spiro atoms. The largest absolute Gasteiger partial charge is 0.312 e. The van der Waals surface area contributed by atoms with Gasteiger partial charge in [0.15, 0.2) is 0 Å². The molecule has 1 aromatic carbocycles. The lowest BCUT2D eigenvalue weighted by Gasteiger charge is -2.22. The van der Waals surface area contributed by atoms with Crippen molar-refractivity contribution in [2.45, 2.75) is 18.9 Å². The van der Waals surface area contributed by atoms with Crippen LogP contribution in [0.2, 0.25) is 10.0 Å². The molecule has 1 aromatic rings. The Labute approximate surface area is 121 Å². The highest BCUT2D eigenvalue weighted by Crippen LogP contribution is 2.26. The average Bonchev–Trinajstić information content (AvgIpc) is 2.36. The van der Waals surface area contributed by atoms with E-state index in [1.807, 2.05) is 23.9 Å². The first-order valence-electron chi connectivity index (χ1n) is 5.92. The van der Waals surface area contributed by atoms with Gasteiger partial charge in [0.1, 0.15) is 5.78 Å². The minimum absolute atomic E-state index is 0.208. The smallest absolute Gasteiger partial charge is 0.138 e. The topological polar surface area (TPSA) is 29.1 Å². The molecule has 0 saturated carbocycles. The van der Waals surface area contributed by atoms with E-state index < -0.39 is 0 Å². The minimum Gasteiger partial charge on any atom is -0.312 e. The van der Waals surface area contributed by atoms with Crippen molar-refractivity contribution in [3.05, 3.63) is 33.8 Å². The summed E-state index contributed by atoms with van der Waals surface area (Å²) in [6.45, 7) is 0.987. The van der Waals surface area contributed by atoms with Crippen LogP contribution in [0.3, 0.4) is 0 Å². The van der Waals surface area contributed by atoms with Crippen molar-refractivity contribution < 1.29 is 4.79 Å². The van der Waals surface area contributed by atoms with Gasteiger partial charge in [0, 0.05) is 36.9 Å². The van der Waals surface area contributed by atoms with E-state index in [9.17, 15) is 4.79 Å². The van der Waals surface area contributed by atoms with Crippen LogP contribution in [0.5, 0.6) is 0 Å². The summed E-state index contributed by atoms with van der Waals surface area (Å²) < 4.78 is 0. The number of carbonyl (C=O) groups is 1. The van der Waals surface area contributed by atoms with Crippen LogP contribution in [0.25, 0.3) is 0 Å². The fraction of sp³-hybridized carbons (Fsp3) is 0.462. The van der Waals surface area contributed by atoms with Crippen LogP contribution < -0.4 is 5.32 Å². The molecule has 1 fully saturated rings. The lowest BCUT2D eigenvalue weighted by molar-refractivity contribution is -0.118. The molecule has 1 atom stereocenters. The Balaban J connectivity index is 1.92. The molecule has 18 heavy (non-hydrogen) atoms. The van der Waals surface area contributed by atoms with E-state index in [4.69, 9.17) is 23.2 Å². The average molecular weight is 304 g/mol. The highest BCUT2D eigenvalue weighted by atomic mass is 35.5. The zero-order valence-corrected chi connectivity index (χ0v) is 12.2. The Kier molecular flexibility index (Phi) is 5.37. The van der Waals surface area contributed by atoms with Crippen molar-refractivity contribution in [1.82, 2.24) is 5.32 Å². The molecule has 1 unspecified atom stereocenters. The normalized spacial score (nSPS) is 19.8. The molecule has 0 bridgehead atoms. The van der Waals surface area contributed by atoms with Crippen molar-refractivity contribution in [3.8, 4) is 0 Å². The molecule has 98 valence electrons. The van der Waals surface area contributed by atoms with Crippen LogP contribution in [0.15, 0.2) is 18.2 Å². The molecule has 0 aliphatic carbocycles. The van der Waals surface area contributed by atoms with Crippen molar-refractivity contribution in [2.24, 2.45) is 0 Å². The van der Waals surface area contributed by atoms with Gasteiger partial charge in [-0.05, 0) is 11.6 Å². The van der Waals surface area contributed by atoms with Crippen molar-refractivity contribution >= 4 is 40.7 Å². The molecule has 1 saturated heterocycles. The van der Waals surface area contributed by atoms with Gasteiger partial charge in [-0.3, -0.25) is 4.79 Å². The van der Waals surface area contributed by atoms with Gasteiger partial charge in [-0.25, -0.2) is 0 Å². The summed E-state index contributed by atoms with van der Waals surface area (Å²) in [7, 11) is 0. The molecule has 0 radical (unpaired) electrons. The van der Waals surface area contributed by atoms with Crippen LogP contribution in [-0.2, 0) is 11.2 Å². The second-order valence-electron chi connectivity index (χ2n) is 4.36. The Morgan fingerprint density at radius 1 is 1.44 bits per heavy atom. The predicted molar refractivity (Wildman–Crippen MR) is 78.9 cm³/mol. The molecule has 2 nitrogen and oxygen atoms in total. The molecule has 1 aliphatic rings. The summed E-state index contributed by atoms with van der Waals surface area (Å²) in [4.78, 5) is 12.0. The maximum Gasteiger partial charge on any atom is 0.138 e. The zero-order valence-electron chi connectivity index (χ0n) is 9.92. The number of carbonyl (C=O) groups excluding carboxylic acids is 1. The van der Waals surface area contributed by atoms with Gasteiger partial charge in [0.05, 0.1) is 10.0 Å². The lowest BCUT2D eigenvalue weighted by atomic mass is 10.0. The molecule has 1 heterocycles. The highest BCUT2D eigenvalue weighted by Gasteiger charge is 2.17. The number of ketones is 1. The third kappa shape index (κ3) is 3.89. The van der Waals surface area contributed by atoms with Crippen molar-refractivity contribution in [3.63, 3.8) is 0 Å². The predicted octanol–water partition coefficient (Wildman–Crippen LogP) is 3.20. The zero-order chi connectivity index (χ0) is 13.0. The number of thioether (sulfide) groups is 1. The Morgan fingerprint density at radius 3 is 3.00 bits per heavy atom. The summed E-state index contributed by atoms with van der Waals surface area (Å²) >= 11 is 13.9. The summed E-state index contributed by atoms with van der Waals surface area (Å²) in [6, 6.07) is 5.71. The molecule has 0 aromatic heterocycles. The van der Waals surface area contributed by atoms with E-state index in [0.717, 1.165) is 23.6 Å². The number of nitrogens with one attached hydrogen (secondary N) is 1. The molecular formula is C13H15Cl2NOS. The summed E-state index contributed by atoms with van der Waals surface area (Å²) in [5, 5.41) is 4.37. The van der Waals surface area contributed by atoms with Crippen LogP contribution in [0.1, 0.15) is 12.0 Å². The molecule has 1 aliphatic heterocycles. The summed E-state index contributed by atoms with van der Waals surface area (Å²) in [5.74, 6) is 2.35. The number of halogens is 2. The van der Waals surface area contributed by atoms with Gasteiger partial charge in [0.2, 0.25) is 0 Å². The lowest BCUT2D eigenvalue weighted by Crippen LogP contribution is -2.39. The maximum atomic E-state index is 12.0. The number of Topliss-reactive ketones (excluding diaryl/α,β-unsaturated/α-hetero) is 1. The van der Waals surface area contributed by atoms with Gasteiger partial charge in [-0.15, -0.1) is 0 Å². The fourth-order valence-electron chi connectivity index (χ4n) is 2.00. The number of hydrogen-bond acceptors (Lipinski definition) is 3. The molecular weight excluding hydrogens is 289 g/mol. The third-order valence-electron chi connectivity index (χ3n) is 2.89. The maximum absolute atomic E-state index is 12.0. The van der Waals surface area contributed by atoms with Gasteiger partial charge >= 0.3 is 0 Å². The quantitative estimate of drug-likeness (QED) is 0.926. The molecule has 0 amide bonds. The van der Waals surface area contributed by atoms with E-state index in [-0.39, 0.29) is 5.78 Å². The van der Waals surface area contributed by atoms with E-state index in [1.165, 1.54) is 0 Å². The third-order valence-corrected chi connectivity index (χ3v) is 4.88. The second-order valence-corrected chi connectivity index (χ2v) is 6.29. The van der Waals surface area contributed by atoms with E-state index in [1.54, 1.807) is 6.07 Å². The number of hydrogen-bond donors (Lipinski definition) is 1. The summed E-state index contributed by atoms with van der Waals surface area (Å²) in [5.41, 5.74) is 0.817. The van der Waals surface area contributed by atoms with Crippen molar-refractivity contribution in [1.29, 1.82) is 0 Å². The molecule has 1 N–H and O–H groups in total. The van der Waals surface area contributed by atoms with Crippen LogP contribution in [0.4, 0.5) is 0 Å². The second kappa shape index (κ2) is 6.80. The van der Waals surface area contributed by atoms with E-state index in [2.05, 4.69) is 5.32 Å². The van der Waals surface area contributed by atoms with E-state index >= 15 is 0 Å². The van der Waals surface area contributed by atoms with E-state index in [0.29, 0.717) is 28.9 Å². The monoisotopic (exact) mass is 303 g/mol. The fourth-order valence-corrected chi connectivity index (χ4v) is 3.33. The number of benzene rings is 1. The van der Waals surface area contributed by atoms with Crippen LogP contribution in [0, 0.1) is 0 Å². The van der Waals surface area contributed by atoms with Crippen molar-refractivity contribution in [2.75, 3.05) is 18.1 Å². The Hall–Kier alpha value is -0.220. The first-order valence-corrected chi connectivity index (χ1v) is 7.83. The first-order chi connectivity index (χ1) is 8.66. The Morgan fingerprint density at radius 2 is 2.28 bits per heavy atom. The van der Waals surface area contributed by atoms with Gasteiger partial charge < -0.3 is 5.32 Å². The highest BCUT2D eigenvalue weighted by molar-refractivity contribution is 7.99. The molecule has 2 rings (SSSR count). The van der Waals surface area contributed by atoms with Crippen LogP contribution >= 0.6 is 35.0 Å². The Bertz CT molecular complexity index is 433. The van der Waals surface area contributed by atoms with Crippen LogP contribution in [-0.4, -0.2) is 29.9 Å². The number of rotatable bonds is 4. The minimum atomic E-state index is 0.208. The molecule has 5 heteroatoms. The van der Waals surface area contributed by atoms with Gasteiger partial charge in [0.25, 0.3) is 0 Å². The van der Waals surface area contributed by atoms with Gasteiger partial charge in [-0.1, -0.05) is 35.3 Å². The summed E-state index contributed by atoms with van der Waals surface area (Å²) in [6.07, 6.45) is 0.929. The first kappa shape index (κ1) is 14.2. The van der Waals surface area contributed by atoms with Gasteiger partial charge in [-0.2, -0.15) is 11.8 Å².